The highest BCUT2D eigenvalue weighted by molar-refractivity contribution is 7.89. The number of likely N-dealkylation sites (N-methyl/N-ethyl adjacent to an activating group) is 1. The van der Waals surface area contributed by atoms with Crippen LogP contribution in [0.5, 0.6) is 0 Å². The standard InChI is InChI=1S/C17H27N3O3S.ClH/c1-5-20(6-2)24(22,23)15-8-7-13(3)16(11-15)17(21)19(4)14-9-10-18-12-14;/h7-8,11,14,18H,5-6,9-10,12H2,1-4H3;1H. The molecule has 1 N–H and O–H groups in total. The average molecular weight is 390 g/mol. The number of amides is 1. The number of halogens is 1. The molecule has 1 aromatic carbocycles. The number of hydrogen-bond donors (Lipinski definition) is 1. The van der Waals surface area contributed by atoms with E-state index in [-0.39, 0.29) is 29.3 Å². The van der Waals surface area contributed by atoms with Crippen molar-refractivity contribution < 1.29 is 13.2 Å². The average Bonchev–Trinajstić information content (AvgIpc) is 3.09. The quantitative estimate of drug-likeness (QED) is 0.806. The van der Waals surface area contributed by atoms with E-state index in [9.17, 15) is 13.2 Å². The van der Waals surface area contributed by atoms with Crippen molar-refractivity contribution in [2.24, 2.45) is 0 Å². The van der Waals surface area contributed by atoms with Gasteiger partial charge >= 0.3 is 0 Å². The molecule has 1 unspecified atom stereocenters. The van der Waals surface area contributed by atoms with Crippen LogP contribution in [0.15, 0.2) is 23.1 Å². The molecule has 1 aromatic rings. The lowest BCUT2D eigenvalue weighted by molar-refractivity contribution is 0.0743. The maximum absolute atomic E-state index is 12.8. The van der Waals surface area contributed by atoms with Gasteiger partial charge in [-0.1, -0.05) is 19.9 Å². The summed E-state index contributed by atoms with van der Waals surface area (Å²) in [5, 5.41) is 3.24. The predicted octanol–water partition coefficient (Wildman–Crippen LogP) is 1.88. The van der Waals surface area contributed by atoms with E-state index in [0.717, 1.165) is 25.1 Å². The molecule has 0 bridgehead atoms. The fourth-order valence-electron chi connectivity index (χ4n) is 3.03. The van der Waals surface area contributed by atoms with Gasteiger partial charge in [-0.25, -0.2) is 8.42 Å². The van der Waals surface area contributed by atoms with Crippen LogP contribution in [0, 0.1) is 6.92 Å². The largest absolute Gasteiger partial charge is 0.337 e. The second-order valence-corrected chi connectivity index (χ2v) is 8.07. The maximum atomic E-state index is 12.8. The summed E-state index contributed by atoms with van der Waals surface area (Å²) < 4.78 is 26.8. The van der Waals surface area contributed by atoms with Gasteiger partial charge < -0.3 is 10.2 Å². The molecular weight excluding hydrogens is 362 g/mol. The smallest absolute Gasteiger partial charge is 0.254 e. The first kappa shape index (κ1) is 21.9. The van der Waals surface area contributed by atoms with Crippen molar-refractivity contribution in [3.63, 3.8) is 0 Å². The number of carbonyl (C=O) groups excluding carboxylic acids is 1. The molecule has 142 valence electrons. The van der Waals surface area contributed by atoms with E-state index in [1.165, 1.54) is 10.4 Å². The minimum Gasteiger partial charge on any atom is -0.337 e. The summed E-state index contributed by atoms with van der Waals surface area (Å²) in [4.78, 5) is 14.7. The zero-order valence-corrected chi connectivity index (χ0v) is 16.9. The summed E-state index contributed by atoms with van der Waals surface area (Å²) in [7, 11) is -1.79. The van der Waals surface area contributed by atoms with Gasteiger partial charge in [-0.15, -0.1) is 12.4 Å². The molecule has 0 saturated carbocycles. The molecule has 2 rings (SSSR count). The van der Waals surface area contributed by atoms with Gasteiger partial charge in [0, 0.05) is 38.3 Å². The molecule has 1 heterocycles. The zero-order chi connectivity index (χ0) is 17.9. The van der Waals surface area contributed by atoms with Gasteiger partial charge in [0.15, 0.2) is 0 Å². The van der Waals surface area contributed by atoms with E-state index in [0.29, 0.717) is 18.7 Å². The van der Waals surface area contributed by atoms with Crippen LogP contribution in [-0.4, -0.2) is 62.8 Å². The third-order valence-corrected chi connectivity index (χ3v) is 6.73. The van der Waals surface area contributed by atoms with E-state index < -0.39 is 10.0 Å². The summed E-state index contributed by atoms with van der Waals surface area (Å²) in [5.74, 6) is -0.127. The molecule has 0 radical (unpaired) electrons. The molecule has 0 aromatic heterocycles. The van der Waals surface area contributed by atoms with E-state index in [4.69, 9.17) is 0 Å². The Labute approximate surface area is 157 Å². The fraction of sp³-hybridized carbons (Fsp3) is 0.588. The minimum absolute atomic E-state index is 0. The maximum Gasteiger partial charge on any atom is 0.254 e. The Morgan fingerprint density at radius 1 is 1.28 bits per heavy atom. The van der Waals surface area contributed by atoms with E-state index >= 15 is 0 Å². The number of hydrogen-bond acceptors (Lipinski definition) is 4. The van der Waals surface area contributed by atoms with Crippen molar-refractivity contribution >= 4 is 28.3 Å². The normalized spacial score (nSPS) is 17.4. The molecule has 1 saturated heterocycles. The minimum atomic E-state index is -3.57. The highest BCUT2D eigenvalue weighted by atomic mass is 35.5. The molecule has 1 aliphatic heterocycles. The van der Waals surface area contributed by atoms with Crippen molar-refractivity contribution in [3.05, 3.63) is 29.3 Å². The number of sulfonamides is 1. The third kappa shape index (κ3) is 4.53. The molecule has 1 aliphatic rings. The van der Waals surface area contributed by atoms with Crippen LogP contribution in [0.1, 0.15) is 36.2 Å². The number of rotatable bonds is 6. The molecule has 25 heavy (non-hydrogen) atoms. The predicted molar refractivity (Wildman–Crippen MR) is 102 cm³/mol. The van der Waals surface area contributed by atoms with Crippen LogP contribution in [0.25, 0.3) is 0 Å². The molecular formula is C17H28ClN3O3S. The van der Waals surface area contributed by atoms with E-state index in [2.05, 4.69) is 5.32 Å². The van der Waals surface area contributed by atoms with Gasteiger partial charge in [-0.2, -0.15) is 4.31 Å². The van der Waals surface area contributed by atoms with Crippen molar-refractivity contribution in [2.45, 2.75) is 38.1 Å². The first-order chi connectivity index (χ1) is 11.3. The fourth-order valence-corrected chi connectivity index (χ4v) is 4.52. The number of aryl methyl sites for hydroxylation is 1. The van der Waals surface area contributed by atoms with Crippen LogP contribution in [0.3, 0.4) is 0 Å². The highest BCUT2D eigenvalue weighted by Crippen LogP contribution is 2.21. The Morgan fingerprint density at radius 2 is 1.92 bits per heavy atom. The van der Waals surface area contributed by atoms with Gasteiger partial charge in [0.1, 0.15) is 0 Å². The molecule has 0 aliphatic carbocycles. The Kier molecular flexibility index (Phi) is 7.87. The Morgan fingerprint density at radius 3 is 2.44 bits per heavy atom. The first-order valence-electron chi connectivity index (χ1n) is 8.41. The number of nitrogens with zero attached hydrogens (tertiary/aromatic N) is 2. The number of benzene rings is 1. The van der Waals surface area contributed by atoms with Crippen LogP contribution in [0.4, 0.5) is 0 Å². The van der Waals surface area contributed by atoms with Gasteiger partial charge in [0.05, 0.1) is 4.90 Å². The Bertz CT molecular complexity index is 699. The molecule has 1 fully saturated rings. The second-order valence-electron chi connectivity index (χ2n) is 6.13. The van der Waals surface area contributed by atoms with Gasteiger partial charge in [0.2, 0.25) is 10.0 Å². The number of nitrogens with one attached hydrogen (secondary N) is 1. The van der Waals surface area contributed by atoms with Crippen LogP contribution in [0.2, 0.25) is 0 Å². The Balaban J connectivity index is 0.00000312. The third-order valence-electron chi connectivity index (χ3n) is 4.69. The van der Waals surface area contributed by atoms with Gasteiger partial charge in [-0.05, 0) is 37.6 Å². The topological polar surface area (TPSA) is 69.7 Å². The lowest BCUT2D eigenvalue weighted by Crippen LogP contribution is -2.38. The SMILES string of the molecule is CCN(CC)S(=O)(=O)c1ccc(C)c(C(=O)N(C)C2CCNC2)c1.Cl. The lowest BCUT2D eigenvalue weighted by Gasteiger charge is -2.25. The molecule has 8 heteroatoms. The zero-order valence-electron chi connectivity index (χ0n) is 15.3. The first-order valence-corrected chi connectivity index (χ1v) is 9.85. The van der Waals surface area contributed by atoms with Crippen LogP contribution < -0.4 is 5.32 Å². The Hall–Kier alpha value is -1.15. The van der Waals surface area contributed by atoms with Gasteiger partial charge in [0.25, 0.3) is 5.91 Å². The monoisotopic (exact) mass is 389 g/mol. The molecule has 1 amide bonds. The molecule has 1 atom stereocenters. The summed E-state index contributed by atoms with van der Waals surface area (Å²) >= 11 is 0. The lowest BCUT2D eigenvalue weighted by atomic mass is 10.1. The highest BCUT2D eigenvalue weighted by Gasteiger charge is 2.27. The summed E-state index contributed by atoms with van der Waals surface area (Å²) in [6.07, 6.45) is 0.915. The van der Waals surface area contributed by atoms with Crippen molar-refractivity contribution in [3.8, 4) is 0 Å². The summed E-state index contributed by atoms with van der Waals surface area (Å²) in [6, 6.07) is 4.96. The van der Waals surface area contributed by atoms with Gasteiger partial charge in [-0.3, -0.25) is 4.79 Å². The van der Waals surface area contributed by atoms with Crippen molar-refractivity contribution in [2.75, 3.05) is 33.2 Å². The van der Waals surface area contributed by atoms with Crippen molar-refractivity contribution in [1.29, 1.82) is 0 Å². The van der Waals surface area contributed by atoms with E-state index in [1.54, 1.807) is 24.1 Å². The summed E-state index contributed by atoms with van der Waals surface area (Å²) in [5.41, 5.74) is 1.24. The van der Waals surface area contributed by atoms with Crippen LogP contribution in [-0.2, 0) is 10.0 Å². The molecule has 6 nitrogen and oxygen atoms in total. The van der Waals surface area contributed by atoms with E-state index in [1.807, 2.05) is 20.8 Å². The second kappa shape index (κ2) is 8.98. The number of carbonyl (C=O) groups is 1. The van der Waals surface area contributed by atoms with Crippen molar-refractivity contribution in [1.82, 2.24) is 14.5 Å². The van der Waals surface area contributed by atoms with Crippen LogP contribution >= 0.6 is 12.4 Å². The molecule has 0 spiro atoms. The summed E-state index contributed by atoms with van der Waals surface area (Å²) in [6.45, 7) is 7.94.